The Balaban J connectivity index is 1.52. The predicted molar refractivity (Wildman–Crippen MR) is 95.7 cm³/mol. The highest BCUT2D eigenvalue weighted by Crippen LogP contribution is 2.49. The van der Waals surface area contributed by atoms with Crippen molar-refractivity contribution in [3.05, 3.63) is 70.3 Å². The number of carbonyl (C=O) groups is 1. The van der Waals surface area contributed by atoms with Crippen LogP contribution in [0.5, 0.6) is 0 Å². The average Bonchev–Trinajstić information content (AvgIpc) is 3.24. The minimum atomic E-state index is -0.0105. The van der Waals surface area contributed by atoms with Crippen LogP contribution < -0.4 is 5.32 Å². The van der Waals surface area contributed by atoms with E-state index in [1.807, 2.05) is 30.3 Å². The Hall–Kier alpha value is -2.07. The number of hydrogen-bond donors (Lipinski definition) is 2. The molecule has 4 heteroatoms. The first kappa shape index (κ1) is 14.5. The van der Waals surface area contributed by atoms with E-state index >= 15 is 0 Å². The molecule has 1 fully saturated rings. The third kappa shape index (κ3) is 2.68. The van der Waals surface area contributed by atoms with Gasteiger partial charge in [0.05, 0.1) is 0 Å². The lowest BCUT2D eigenvalue weighted by Crippen LogP contribution is -2.32. The van der Waals surface area contributed by atoms with Crippen molar-refractivity contribution in [1.29, 1.82) is 0 Å². The summed E-state index contributed by atoms with van der Waals surface area (Å²) in [6.07, 6.45) is 4.34. The summed E-state index contributed by atoms with van der Waals surface area (Å²) in [7, 11) is 0. The summed E-state index contributed by atoms with van der Waals surface area (Å²) in [5.41, 5.74) is 3.27. The number of aromatic nitrogens is 1. The maximum Gasteiger partial charge on any atom is 0.251 e. The molecule has 4 rings (SSSR count). The molecule has 0 radical (unpaired) electrons. The minimum absolute atomic E-state index is 0.0105. The summed E-state index contributed by atoms with van der Waals surface area (Å²) in [4.78, 5) is 15.7. The molecular weight excluding hydrogens is 352 g/mol. The van der Waals surface area contributed by atoms with Gasteiger partial charge in [0.15, 0.2) is 0 Å². The maximum atomic E-state index is 12.3. The molecule has 1 amide bonds. The van der Waals surface area contributed by atoms with Gasteiger partial charge >= 0.3 is 0 Å². The number of fused-ring (bicyclic) bond motifs is 1. The topological polar surface area (TPSA) is 44.9 Å². The molecule has 2 aromatic carbocycles. The third-order valence-corrected chi connectivity index (χ3v) is 5.24. The van der Waals surface area contributed by atoms with Gasteiger partial charge < -0.3 is 10.3 Å². The molecule has 1 saturated carbocycles. The number of rotatable bonds is 4. The van der Waals surface area contributed by atoms with Gasteiger partial charge in [-0.2, -0.15) is 0 Å². The molecular formula is C19H17BrN2O. The van der Waals surface area contributed by atoms with Crippen LogP contribution >= 0.6 is 15.9 Å². The van der Waals surface area contributed by atoms with Gasteiger partial charge in [0, 0.05) is 39.1 Å². The number of benzene rings is 2. The summed E-state index contributed by atoms with van der Waals surface area (Å²) in [5.74, 6) is -0.0105. The quantitative estimate of drug-likeness (QED) is 0.704. The SMILES string of the molecule is O=C(NCC1(c2c[nH]c3ccccc23)CC1)c1ccc(Br)cc1. The monoisotopic (exact) mass is 368 g/mol. The second-order valence-corrected chi connectivity index (χ2v) is 7.13. The molecule has 1 aliphatic rings. The third-order valence-electron chi connectivity index (χ3n) is 4.71. The Labute approximate surface area is 143 Å². The van der Waals surface area contributed by atoms with Crippen LogP contribution in [0.3, 0.4) is 0 Å². The summed E-state index contributed by atoms with van der Waals surface area (Å²) >= 11 is 3.39. The van der Waals surface area contributed by atoms with Crippen LogP contribution in [0.4, 0.5) is 0 Å². The smallest absolute Gasteiger partial charge is 0.251 e. The summed E-state index contributed by atoms with van der Waals surface area (Å²) in [5, 5.41) is 4.37. The van der Waals surface area contributed by atoms with Gasteiger partial charge in [-0.25, -0.2) is 0 Å². The summed E-state index contributed by atoms with van der Waals surface area (Å²) in [6.45, 7) is 0.684. The minimum Gasteiger partial charge on any atom is -0.361 e. The zero-order chi connectivity index (χ0) is 15.9. The number of carbonyl (C=O) groups excluding carboxylic acids is 1. The fourth-order valence-corrected chi connectivity index (χ4v) is 3.42. The lowest BCUT2D eigenvalue weighted by Gasteiger charge is -2.16. The molecule has 116 valence electrons. The number of halogens is 1. The van der Waals surface area contributed by atoms with Crippen molar-refractivity contribution in [2.45, 2.75) is 18.3 Å². The Morgan fingerprint density at radius 1 is 1.13 bits per heavy atom. The molecule has 3 aromatic rings. The second-order valence-electron chi connectivity index (χ2n) is 6.22. The van der Waals surface area contributed by atoms with Gasteiger partial charge in [-0.3, -0.25) is 4.79 Å². The Morgan fingerprint density at radius 3 is 2.61 bits per heavy atom. The number of hydrogen-bond acceptors (Lipinski definition) is 1. The van der Waals surface area contributed by atoms with Crippen molar-refractivity contribution >= 4 is 32.7 Å². The van der Waals surface area contributed by atoms with E-state index in [4.69, 9.17) is 0 Å². The first-order valence-electron chi connectivity index (χ1n) is 7.78. The number of aromatic amines is 1. The standard InChI is InChI=1S/C19H17BrN2O/c20-14-7-5-13(6-8-14)18(23)22-12-19(9-10-19)16-11-21-17-4-2-1-3-15(16)17/h1-8,11,21H,9-10,12H2,(H,22,23). The fraction of sp³-hybridized carbons (Fsp3) is 0.211. The van der Waals surface area contributed by atoms with Crippen LogP contribution in [0.1, 0.15) is 28.8 Å². The maximum absolute atomic E-state index is 12.3. The highest BCUT2D eigenvalue weighted by atomic mass is 79.9. The van der Waals surface area contributed by atoms with E-state index in [0.29, 0.717) is 12.1 Å². The second kappa shape index (κ2) is 5.53. The van der Waals surface area contributed by atoms with Gasteiger partial charge in [0.1, 0.15) is 0 Å². The van der Waals surface area contributed by atoms with Crippen LogP contribution in [0, 0.1) is 0 Å². The van der Waals surface area contributed by atoms with Gasteiger partial charge in [-0.1, -0.05) is 34.1 Å². The van der Waals surface area contributed by atoms with Crippen LogP contribution in [0.25, 0.3) is 10.9 Å². The average molecular weight is 369 g/mol. The molecule has 3 nitrogen and oxygen atoms in total. The molecule has 1 heterocycles. The van der Waals surface area contributed by atoms with Gasteiger partial charge in [0.25, 0.3) is 5.91 Å². The van der Waals surface area contributed by atoms with E-state index in [-0.39, 0.29) is 11.3 Å². The van der Waals surface area contributed by atoms with Crippen LogP contribution in [-0.4, -0.2) is 17.4 Å². The van der Waals surface area contributed by atoms with Crippen molar-refractivity contribution < 1.29 is 4.79 Å². The zero-order valence-electron chi connectivity index (χ0n) is 12.6. The summed E-state index contributed by atoms with van der Waals surface area (Å²) < 4.78 is 0.978. The normalized spacial score (nSPS) is 15.5. The van der Waals surface area contributed by atoms with Crippen molar-refractivity contribution in [1.82, 2.24) is 10.3 Å². The molecule has 1 aromatic heterocycles. The lowest BCUT2D eigenvalue weighted by atomic mass is 9.95. The van der Waals surface area contributed by atoms with E-state index in [2.05, 4.69) is 50.6 Å². The van der Waals surface area contributed by atoms with Crippen LogP contribution in [0.15, 0.2) is 59.2 Å². The predicted octanol–water partition coefficient (Wildman–Crippen LogP) is 4.39. The zero-order valence-corrected chi connectivity index (χ0v) is 14.2. The number of para-hydroxylation sites is 1. The first-order chi connectivity index (χ1) is 11.2. The van der Waals surface area contributed by atoms with Crippen LogP contribution in [0.2, 0.25) is 0 Å². The molecule has 1 aliphatic carbocycles. The lowest BCUT2D eigenvalue weighted by molar-refractivity contribution is 0.0949. The molecule has 0 bridgehead atoms. The Morgan fingerprint density at radius 2 is 1.87 bits per heavy atom. The first-order valence-corrected chi connectivity index (χ1v) is 8.58. The Bertz CT molecular complexity index is 862. The van der Waals surface area contributed by atoms with E-state index in [1.54, 1.807) is 0 Å². The molecule has 0 unspecified atom stereocenters. The molecule has 23 heavy (non-hydrogen) atoms. The molecule has 0 saturated heterocycles. The number of nitrogens with one attached hydrogen (secondary N) is 2. The Kier molecular flexibility index (Phi) is 3.49. The molecule has 2 N–H and O–H groups in total. The largest absolute Gasteiger partial charge is 0.361 e. The van der Waals surface area contributed by atoms with Crippen molar-refractivity contribution in [3.63, 3.8) is 0 Å². The highest BCUT2D eigenvalue weighted by Gasteiger charge is 2.45. The van der Waals surface area contributed by atoms with Gasteiger partial charge in [0.2, 0.25) is 0 Å². The van der Waals surface area contributed by atoms with Gasteiger partial charge in [-0.05, 0) is 48.7 Å². The van der Waals surface area contributed by atoms with E-state index in [1.165, 1.54) is 10.9 Å². The van der Waals surface area contributed by atoms with E-state index in [9.17, 15) is 4.79 Å². The molecule has 0 aliphatic heterocycles. The number of amides is 1. The fourth-order valence-electron chi connectivity index (χ4n) is 3.16. The molecule has 0 spiro atoms. The van der Waals surface area contributed by atoms with Crippen LogP contribution in [-0.2, 0) is 5.41 Å². The van der Waals surface area contributed by atoms with Crippen molar-refractivity contribution in [2.75, 3.05) is 6.54 Å². The highest BCUT2D eigenvalue weighted by molar-refractivity contribution is 9.10. The molecule has 0 atom stereocenters. The summed E-state index contributed by atoms with van der Waals surface area (Å²) in [6, 6.07) is 15.8. The van der Waals surface area contributed by atoms with E-state index < -0.39 is 0 Å². The number of H-pyrrole nitrogens is 1. The van der Waals surface area contributed by atoms with Crippen molar-refractivity contribution in [2.24, 2.45) is 0 Å². The van der Waals surface area contributed by atoms with E-state index in [0.717, 1.165) is 22.8 Å². The van der Waals surface area contributed by atoms with Crippen molar-refractivity contribution in [3.8, 4) is 0 Å². The van der Waals surface area contributed by atoms with Gasteiger partial charge in [-0.15, -0.1) is 0 Å².